The SMILES string of the molecule is COCC(N)C(=O)N1CCN(C(=O)NC2CCCCC2)CC1.Cl. The van der Waals surface area contributed by atoms with E-state index in [1.165, 1.54) is 26.4 Å². The van der Waals surface area contributed by atoms with Crippen molar-refractivity contribution in [3.63, 3.8) is 0 Å². The number of nitrogens with zero attached hydrogens (tertiary/aromatic N) is 2. The molecule has 0 aromatic heterocycles. The zero-order chi connectivity index (χ0) is 15.9. The summed E-state index contributed by atoms with van der Waals surface area (Å²) in [5.41, 5.74) is 5.77. The van der Waals surface area contributed by atoms with Gasteiger partial charge in [-0.3, -0.25) is 4.79 Å². The highest BCUT2D eigenvalue weighted by Crippen LogP contribution is 2.17. The van der Waals surface area contributed by atoms with Crippen LogP contribution in [0.15, 0.2) is 0 Å². The molecule has 1 saturated heterocycles. The van der Waals surface area contributed by atoms with E-state index in [9.17, 15) is 9.59 Å². The number of rotatable bonds is 4. The summed E-state index contributed by atoms with van der Waals surface area (Å²) in [4.78, 5) is 27.8. The smallest absolute Gasteiger partial charge is 0.317 e. The van der Waals surface area contributed by atoms with Gasteiger partial charge in [-0.25, -0.2) is 4.79 Å². The molecule has 0 radical (unpaired) electrons. The summed E-state index contributed by atoms with van der Waals surface area (Å²) in [6, 6.07) is -0.302. The normalized spacial score (nSPS) is 20.6. The van der Waals surface area contributed by atoms with Gasteiger partial charge in [0.25, 0.3) is 0 Å². The lowest BCUT2D eigenvalue weighted by Crippen LogP contribution is -2.57. The highest BCUT2D eigenvalue weighted by Gasteiger charge is 2.28. The Balaban J connectivity index is 0.00000264. The van der Waals surface area contributed by atoms with Crippen LogP contribution in [0.25, 0.3) is 0 Å². The number of carbonyl (C=O) groups is 2. The molecule has 7 nitrogen and oxygen atoms in total. The molecular formula is C15H29ClN4O3. The second-order valence-corrected chi connectivity index (χ2v) is 6.16. The number of hydrogen-bond acceptors (Lipinski definition) is 4. The summed E-state index contributed by atoms with van der Waals surface area (Å²) in [5.74, 6) is -0.103. The van der Waals surface area contributed by atoms with Gasteiger partial charge in [-0.1, -0.05) is 19.3 Å². The number of urea groups is 1. The third-order valence-electron chi connectivity index (χ3n) is 4.47. The van der Waals surface area contributed by atoms with E-state index in [1.807, 2.05) is 0 Å². The predicted octanol–water partition coefficient (Wildman–Crippen LogP) is 0.568. The Morgan fingerprint density at radius 3 is 2.26 bits per heavy atom. The zero-order valence-corrected chi connectivity index (χ0v) is 14.6. The number of piperazine rings is 1. The van der Waals surface area contributed by atoms with Crippen molar-refractivity contribution in [1.82, 2.24) is 15.1 Å². The first-order valence-electron chi connectivity index (χ1n) is 8.20. The molecule has 2 fully saturated rings. The molecule has 1 saturated carbocycles. The van der Waals surface area contributed by atoms with Crippen LogP contribution in [-0.2, 0) is 9.53 Å². The molecule has 0 bridgehead atoms. The van der Waals surface area contributed by atoms with Crippen molar-refractivity contribution in [2.75, 3.05) is 39.9 Å². The van der Waals surface area contributed by atoms with Crippen LogP contribution >= 0.6 is 12.4 Å². The van der Waals surface area contributed by atoms with Gasteiger partial charge in [-0.05, 0) is 12.8 Å². The van der Waals surface area contributed by atoms with Crippen molar-refractivity contribution in [3.8, 4) is 0 Å². The molecule has 23 heavy (non-hydrogen) atoms. The van der Waals surface area contributed by atoms with Crippen molar-refractivity contribution in [1.29, 1.82) is 0 Å². The average molecular weight is 349 g/mol. The maximum absolute atomic E-state index is 12.2. The van der Waals surface area contributed by atoms with Gasteiger partial charge in [0.15, 0.2) is 0 Å². The maximum Gasteiger partial charge on any atom is 0.317 e. The van der Waals surface area contributed by atoms with E-state index < -0.39 is 6.04 Å². The number of amides is 3. The van der Waals surface area contributed by atoms with Crippen LogP contribution in [0.4, 0.5) is 4.79 Å². The van der Waals surface area contributed by atoms with Crippen LogP contribution in [0.3, 0.4) is 0 Å². The number of hydrogen-bond donors (Lipinski definition) is 2. The van der Waals surface area contributed by atoms with Crippen molar-refractivity contribution in [2.24, 2.45) is 5.73 Å². The Hall–Kier alpha value is -1.05. The molecule has 1 aliphatic heterocycles. The standard InChI is InChI=1S/C15H28N4O3.ClH/c1-22-11-13(16)14(20)18-7-9-19(10-8-18)15(21)17-12-5-3-2-4-6-12;/h12-13H,2-11,16H2,1H3,(H,17,21);1H. The number of halogens is 1. The van der Waals surface area contributed by atoms with Gasteiger partial charge in [-0.15, -0.1) is 12.4 Å². The molecule has 1 atom stereocenters. The summed E-state index contributed by atoms with van der Waals surface area (Å²) < 4.78 is 4.91. The largest absolute Gasteiger partial charge is 0.383 e. The topological polar surface area (TPSA) is 87.9 Å². The number of methoxy groups -OCH3 is 1. The highest BCUT2D eigenvalue weighted by molar-refractivity contribution is 5.85. The number of nitrogens with one attached hydrogen (secondary N) is 1. The van der Waals surface area contributed by atoms with Gasteiger partial charge in [-0.2, -0.15) is 0 Å². The van der Waals surface area contributed by atoms with Crippen LogP contribution in [0.5, 0.6) is 0 Å². The molecule has 134 valence electrons. The fourth-order valence-corrected chi connectivity index (χ4v) is 3.13. The minimum Gasteiger partial charge on any atom is -0.383 e. The van der Waals surface area contributed by atoms with E-state index in [1.54, 1.807) is 9.80 Å². The lowest BCUT2D eigenvalue weighted by atomic mass is 9.96. The molecular weight excluding hydrogens is 320 g/mol. The van der Waals surface area contributed by atoms with Gasteiger partial charge in [0.05, 0.1) is 6.61 Å². The lowest BCUT2D eigenvalue weighted by Gasteiger charge is -2.36. The van der Waals surface area contributed by atoms with Gasteiger partial charge in [0.2, 0.25) is 5.91 Å². The Labute approximate surface area is 144 Å². The molecule has 1 aliphatic carbocycles. The monoisotopic (exact) mass is 348 g/mol. The lowest BCUT2D eigenvalue weighted by molar-refractivity contribution is -0.135. The second kappa shape index (κ2) is 9.95. The van der Waals surface area contributed by atoms with E-state index in [-0.39, 0.29) is 31.0 Å². The van der Waals surface area contributed by atoms with Gasteiger partial charge in [0.1, 0.15) is 6.04 Å². The number of nitrogens with two attached hydrogens (primary N) is 1. The third kappa shape index (κ3) is 5.82. The Kier molecular flexibility index (Phi) is 8.65. The summed E-state index contributed by atoms with van der Waals surface area (Å²) in [5, 5.41) is 3.11. The first kappa shape index (κ1) is 20.0. The molecule has 2 aliphatic rings. The second-order valence-electron chi connectivity index (χ2n) is 6.16. The van der Waals surface area contributed by atoms with E-state index in [0.717, 1.165) is 12.8 Å². The van der Waals surface area contributed by atoms with Crippen LogP contribution in [0, 0.1) is 0 Å². The highest BCUT2D eigenvalue weighted by atomic mass is 35.5. The average Bonchev–Trinajstić information content (AvgIpc) is 2.55. The predicted molar refractivity (Wildman–Crippen MR) is 90.7 cm³/mol. The van der Waals surface area contributed by atoms with Crippen LogP contribution in [0.2, 0.25) is 0 Å². The molecule has 0 spiro atoms. The van der Waals surface area contributed by atoms with Gasteiger partial charge in [0, 0.05) is 39.3 Å². The molecule has 1 heterocycles. The molecule has 1 unspecified atom stereocenters. The van der Waals surface area contributed by atoms with E-state index in [4.69, 9.17) is 10.5 Å². The number of carbonyl (C=O) groups excluding carboxylic acids is 2. The molecule has 3 N–H and O–H groups in total. The molecule has 2 rings (SSSR count). The van der Waals surface area contributed by atoms with Crippen molar-refractivity contribution in [2.45, 2.75) is 44.2 Å². The zero-order valence-electron chi connectivity index (χ0n) is 13.8. The Morgan fingerprint density at radius 2 is 1.70 bits per heavy atom. The summed E-state index contributed by atoms with van der Waals surface area (Å²) >= 11 is 0. The van der Waals surface area contributed by atoms with E-state index >= 15 is 0 Å². The molecule has 0 aromatic rings. The first-order valence-corrected chi connectivity index (χ1v) is 8.20. The first-order chi connectivity index (χ1) is 10.6. The minimum atomic E-state index is -0.618. The minimum absolute atomic E-state index is 0. The van der Waals surface area contributed by atoms with Crippen molar-refractivity contribution in [3.05, 3.63) is 0 Å². The maximum atomic E-state index is 12.2. The fourth-order valence-electron chi connectivity index (χ4n) is 3.13. The van der Waals surface area contributed by atoms with E-state index in [0.29, 0.717) is 32.2 Å². The van der Waals surface area contributed by atoms with Gasteiger partial charge >= 0.3 is 6.03 Å². The Morgan fingerprint density at radius 1 is 1.13 bits per heavy atom. The number of ether oxygens (including phenoxy) is 1. The van der Waals surface area contributed by atoms with Crippen LogP contribution in [-0.4, -0.2) is 73.7 Å². The van der Waals surface area contributed by atoms with Crippen LogP contribution < -0.4 is 11.1 Å². The van der Waals surface area contributed by atoms with Crippen molar-refractivity contribution >= 4 is 24.3 Å². The quantitative estimate of drug-likeness (QED) is 0.777. The molecule has 8 heteroatoms. The van der Waals surface area contributed by atoms with Crippen LogP contribution in [0.1, 0.15) is 32.1 Å². The molecule has 0 aromatic carbocycles. The fraction of sp³-hybridized carbons (Fsp3) is 0.867. The molecule has 3 amide bonds. The van der Waals surface area contributed by atoms with Crippen molar-refractivity contribution < 1.29 is 14.3 Å². The third-order valence-corrected chi connectivity index (χ3v) is 4.47. The van der Waals surface area contributed by atoms with Gasteiger partial charge < -0.3 is 25.6 Å². The van der Waals surface area contributed by atoms with E-state index in [2.05, 4.69) is 5.32 Å². The summed E-state index contributed by atoms with van der Waals surface area (Å²) in [6.07, 6.45) is 5.83. The Bertz CT molecular complexity index is 383. The summed E-state index contributed by atoms with van der Waals surface area (Å²) in [6.45, 7) is 2.41. The summed E-state index contributed by atoms with van der Waals surface area (Å²) in [7, 11) is 1.53.